The molecule has 0 bridgehead atoms. The maximum absolute atomic E-state index is 14.0. The first-order valence-corrected chi connectivity index (χ1v) is 15.4. The molecule has 1 unspecified atom stereocenters. The summed E-state index contributed by atoms with van der Waals surface area (Å²) in [5.41, 5.74) is 2.09. The fourth-order valence-corrected chi connectivity index (χ4v) is 6.16. The molecule has 0 radical (unpaired) electrons. The van der Waals surface area contributed by atoms with Crippen LogP contribution in [-0.2, 0) is 11.2 Å². The number of pyridine rings is 1. The molecule has 2 fully saturated rings. The van der Waals surface area contributed by atoms with Crippen molar-refractivity contribution in [2.45, 2.75) is 57.4 Å². The molecule has 2 aromatic carbocycles. The predicted octanol–water partition coefficient (Wildman–Crippen LogP) is 6.07. The number of hydrogen-bond donors (Lipinski definition) is 1. The number of carbonyl (C=O) groups is 1. The smallest absolute Gasteiger partial charge is 0.258 e. The molecule has 0 spiro atoms. The van der Waals surface area contributed by atoms with Gasteiger partial charge in [0.25, 0.3) is 11.4 Å². The lowest BCUT2D eigenvalue weighted by Crippen LogP contribution is -2.27. The minimum absolute atomic E-state index is 0.113. The lowest BCUT2D eigenvalue weighted by Gasteiger charge is -2.14. The van der Waals surface area contributed by atoms with Crippen molar-refractivity contribution in [3.63, 3.8) is 0 Å². The van der Waals surface area contributed by atoms with Gasteiger partial charge in [-0.05, 0) is 60.9 Å². The van der Waals surface area contributed by atoms with Crippen LogP contribution in [0, 0.1) is 5.82 Å². The van der Waals surface area contributed by atoms with Gasteiger partial charge in [0.1, 0.15) is 27.3 Å². The van der Waals surface area contributed by atoms with Crippen molar-refractivity contribution in [2.24, 2.45) is 0 Å². The van der Waals surface area contributed by atoms with Gasteiger partial charge in [0.2, 0.25) is 5.91 Å². The van der Waals surface area contributed by atoms with E-state index in [0.29, 0.717) is 59.3 Å². The third-order valence-electron chi connectivity index (χ3n) is 7.86. The average Bonchev–Trinajstić information content (AvgIpc) is 3.37. The number of nitrogens with zero attached hydrogens (tertiary/aromatic N) is 5. The summed E-state index contributed by atoms with van der Waals surface area (Å²) in [5.74, 6) is 1.60. The third-order valence-corrected chi connectivity index (χ3v) is 9.13. The summed E-state index contributed by atoms with van der Waals surface area (Å²) in [7, 11) is 0. The van der Waals surface area contributed by atoms with Crippen molar-refractivity contribution in [3.05, 3.63) is 92.9 Å². The summed E-state index contributed by atoms with van der Waals surface area (Å²) >= 11 is 1.55. The van der Waals surface area contributed by atoms with Gasteiger partial charge < -0.3 is 19.1 Å². The maximum atomic E-state index is 14.0. The summed E-state index contributed by atoms with van der Waals surface area (Å²) in [4.78, 5) is 33.9. The standard InChI is InChI=1S/C32H29FN6O4S/c1-17(2)31-36-37-32(44-31)18-5-9-25(10-6-18)42-26-13-20(4-3-19(26)11-21-12-23(33)15-34-29(21)41)30-35-28(38-43-30)22-14-27(40)39(16-22)24-7-8-24/h3-6,9-10,12-13,15,17,22,24H,7-8,11,14,16H2,1-2H3,(H,34,41). The quantitative estimate of drug-likeness (QED) is 0.213. The Morgan fingerprint density at radius 2 is 1.86 bits per heavy atom. The number of H-pyrrole nitrogens is 1. The molecular weight excluding hydrogens is 583 g/mol. The van der Waals surface area contributed by atoms with Gasteiger partial charge in [-0.3, -0.25) is 9.59 Å². The van der Waals surface area contributed by atoms with E-state index < -0.39 is 5.82 Å². The first-order chi connectivity index (χ1) is 21.3. The Balaban J connectivity index is 1.17. The number of amides is 1. The molecule has 4 heterocycles. The van der Waals surface area contributed by atoms with Crippen LogP contribution in [0.3, 0.4) is 0 Å². The van der Waals surface area contributed by atoms with Crippen LogP contribution in [-0.4, -0.2) is 48.7 Å². The third kappa shape index (κ3) is 5.77. The number of likely N-dealkylation sites (tertiary alicyclic amines) is 1. The monoisotopic (exact) mass is 612 g/mol. The highest BCUT2D eigenvalue weighted by molar-refractivity contribution is 7.14. The first kappa shape index (κ1) is 28.1. The molecule has 2 aliphatic rings. The molecule has 1 amide bonds. The van der Waals surface area contributed by atoms with Gasteiger partial charge in [0, 0.05) is 60.2 Å². The Labute approximate surface area is 255 Å². The van der Waals surface area contributed by atoms with Gasteiger partial charge >= 0.3 is 0 Å². The Morgan fingerprint density at radius 1 is 1.07 bits per heavy atom. The average molecular weight is 613 g/mol. The van der Waals surface area contributed by atoms with E-state index >= 15 is 0 Å². The maximum Gasteiger partial charge on any atom is 0.258 e. The van der Waals surface area contributed by atoms with E-state index in [0.717, 1.165) is 34.6 Å². The highest BCUT2D eigenvalue weighted by atomic mass is 32.1. The van der Waals surface area contributed by atoms with Crippen LogP contribution in [0.15, 0.2) is 64.0 Å². The van der Waals surface area contributed by atoms with Crippen LogP contribution < -0.4 is 10.3 Å². The summed E-state index contributed by atoms with van der Waals surface area (Å²) in [6.07, 6.45) is 3.65. The molecule has 7 rings (SSSR count). The number of rotatable bonds is 9. The second kappa shape index (κ2) is 11.4. The zero-order valence-electron chi connectivity index (χ0n) is 24.1. The van der Waals surface area contributed by atoms with Crippen LogP contribution >= 0.6 is 11.3 Å². The predicted molar refractivity (Wildman–Crippen MR) is 161 cm³/mol. The van der Waals surface area contributed by atoms with Gasteiger partial charge in [-0.1, -0.05) is 36.4 Å². The van der Waals surface area contributed by atoms with Crippen LogP contribution in [0.5, 0.6) is 11.5 Å². The SMILES string of the molecule is CC(C)c1nnc(-c2ccc(Oc3cc(-c4nc(C5CC(=O)N(C6CC6)C5)no4)ccc3Cc3cc(F)c[nH]c3=O)cc2)s1. The van der Waals surface area contributed by atoms with Crippen molar-refractivity contribution in [1.82, 2.24) is 30.2 Å². The topological polar surface area (TPSA) is 127 Å². The molecule has 1 N–H and O–H groups in total. The summed E-state index contributed by atoms with van der Waals surface area (Å²) in [5, 5.41) is 14.6. The molecule has 1 saturated heterocycles. The number of aromatic amines is 1. The second-order valence-corrected chi connectivity index (χ2v) is 12.5. The lowest BCUT2D eigenvalue weighted by atomic mass is 10.0. The number of nitrogens with one attached hydrogen (secondary N) is 1. The van der Waals surface area contributed by atoms with Crippen molar-refractivity contribution in [1.29, 1.82) is 0 Å². The van der Waals surface area contributed by atoms with Crippen LogP contribution in [0.1, 0.15) is 66.9 Å². The molecule has 1 aliphatic heterocycles. The minimum atomic E-state index is -0.532. The first-order valence-electron chi connectivity index (χ1n) is 14.6. The molecule has 1 saturated carbocycles. The molecule has 10 nitrogen and oxygen atoms in total. The minimum Gasteiger partial charge on any atom is -0.457 e. The lowest BCUT2D eigenvalue weighted by molar-refractivity contribution is -0.128. The van der Waals surface area contributed by atoms with Crippen molar-refractivity contribution < 1.29 is 18.4 Å². The largest absolute Gasteiger partial charge is 0.457 e. The normalized spacial score (nSPS) is 16.7. The summed E-state index contributed by atoms with van der Waals surface area (Å²) in [6, 6.07) is 14.4. The zero-order valence-corrected chi connectivity index (χ0v) is 24.9. The highest BCUT2D eigenvalue weighted by Crippen LogP contribution is 2.37. The van der Waals surface area contributed by atoms with Crippen LogP contribution in [0.4, 0.5) is 4.39 Å². The van der Waals surface area contributed by atoms with Gasteiger partial charge in [0.05, 0.1) is 0 Å². The number of benzene rings is 2. The van der Waals surface area contributed by atoms with Crippen molar-refractivity contribution >= 4 is 17.2 Å². The fraction of sp³-hybridized carbons (Fsp3) is 0.312. The summed E-state index contributed by atoms with van der Waals surface area (Å²) in [6.45, 7) is 4.76. The molecular formula is C32H29FN6O4S. The van der Waals surface area contributed by atoms with E-state index in [2.05, 4.69) is 39.2 Å². The molecule has 12 heteroatoms. The molecule has 1 aliphatic carbocycles. The number of halogens is 1. The van der Waals surface area contributed by atoms with E-state index in [1.54, 1.807) is 29.5 Å². The number of ether oxygens (including phenoxy) is 1. The van der Waals surface area contributed by atoms with Gasteiger partial charge in [-0.15, -0.1) is 10.2 Å². The highest BCUT2D eigenvalue weighted by Gasteiger charge is 2.41. The van der Waals surface area contributed by atoms with Crippen LogP contribution in [0.2, 0.25) is 0 Å². The molecule has 224 valence electrons. The molecule has 1 atom stereocenters. The van der Waals surface area contributed by atoms with Gasteiger partial charge in [-0.2, -0.15) is 4.98 Å². The van der Waals surface area contributed by atoms with Crippen molar-refractivity contribution in [2.75, 3.05) is 6.54 Å². The number of aromatic nitrogens is 5. The molecule has 3 aromatic heterocycles. The van der Waals surface area contributed by atoms with E-state index in [1.165, 1.54) is 6.07 Å². The van der Waals surface area contributed by atoms with E-state index in [4.69, 9.17) is 9.26 Å². The molecule has 44 heavy (non-hydrogen) atoms. The van der Waals surface area contributed by atoms with Gasteiger partial charge in [-0.25, -0.2) is 4.39 Å². The Hall–Kier alpha value is -4.71. The Kier molecular flexibility index (Phi) is 7.29. The zero-order chi connectivity index (χ0) is 30.4. The number of hydrogen-bond acceptors (Lipinski definition) is 9. The number of carbonyl (C=O) groups excluding carboxylic acids is 1. The van der Waals surface area contributed by atoms with E-state index in [9.17, 15) is 14.0 Å². The van der Waals surface area contributed by atoms with Crippen LogP contribution in [0.25, 0.3) is 22.0 Å². The summed E-state index contributed by atoms with van der Waals surface area (Å²) < 4.78 is 25.9. The van der Waals surface area contributed by atoms with Gasteiger partial charge in [0.15, 0.2) is 5.82 Å². The second-order valence-electron chi connectivity index (χ2n) is 11.5. The Morgan fingerprint density at radius 3 is 2.61 bits per heavy atom. The van der Waals surface area contributed by atoms with Crippen molar-refractivity contribution in [3.8, 4) is 33.5 Å². The fourth-order valence-electron chi connectivity index (χ4n) is 5.30. The van der Waals surface area contributed by atoms with E-state index in [-0.39, 0.29) is 29.4 Å². The Bertz CT molecular complexity index is 1900. The molecule has 5 aromatic rings. The van der Waals surface area contributed by atoms with E-state index in [1.807, 2.05) is 29.2 Å².